The molecule has 0 bridgehead atoms. The SMILES string of the molecule is CCOc1c(Cl)cc(C(=O)NC(C)c2cccc(Br)c2)cc1OC. The highest BCUT2D eigenvalue weighted by molar-refractivity contribution is 9.10. The van der Waals surface area contributed by atoms with Gasteiger partial charge in [-0.1, -0.05) is 39.7 Å². The van der Waals surface area contributed by atoms with E-state index in [9.17, 15) is 4.79 Å². The van der Waals surface area contributed by atoms with Crippen molar-refractivity contribution in [1.82, 2.24) is 5.32 Å². The third kappa shape index (κ3) is 4.42. The van der Waals surface area contributed by atoms with Crippen molar-refractivity contribution in [2.75, 3.05) is 13.7 Å². The number of carbonyl (C=O) groups excluding carboxylic acids is 1. The molecule has 0 aliphatic rings. The van der Waals surface area contributed by atoms with Gasteiger partial charge in [0.1, 0.15) is 0 Å². The standard InChI is InChI=1S/C18H19BrClNO3/c1-4-24-17-15(20)9-13(10-16(17)23-3)18(22)21-11(2)12-6-5-7-14(19)8-12/h5-11H,4H2,1-3H3,(H,21,22). The van der Waals surface area contributed by atoms with Gasteiger partial charge in [-0.25, -0.2) is 0 Å². The number of hydrogen-bond acceptors (Lipinski definition) is 3. The van der Waals surface area contributed by atoms with E-state index in [0.29, 0.717) is 28.7 Å². The van der Waals surface area contributed by atoms with Gasteiger partial charge in [0.2, 0.25) is 0 Å². The molecule has 0 fully saturated rings. The van der Waals surface area contributed by atoms with Crippen LogP contribution in [-0.2, 0) is 0 Å². The molecule has 2 aromatic carbocycles. The molecule has 0 saturated carbocycles. The zero-order chi connectivity index (χ0) is 17.7. The second-order valence-electron chi connectivity index (χ2n) is 5.17. The monoisotopic (exact) mass is 411 g/mol. The number of ether oxygens (including phenoxy) is 2. The molecule has 0 heterocycles. The maximum absolute atomic E-state index is 12.5. The van der Waals surface area contributed by atoms with Gasteiger partial charge in [0, 0.05) is 10.0 Å². The van der Waals surface area contributed by atoms with Crippen molar-refractivity contribution in [2.24, 2.45) is 0 Å². The fourth-order valence-corrected chi connectivity index (χ4v) is 2.96. The van der Waals surface area contributed by atoms with Crippen LogP contribution in [0.15, 0.2) is 40.9 Å². The predicted octanol–water partition coefficient (Wildman–Crippen LogP) is 5.00. The molecule has 0 radical (unpaired) electrons. The van der Waals surface area contributed by atoms with Crippen LogP contribution in [0.4, 0.5) is 0 Å². The molecule has 1 N–H and O–H groups in total. The molecule has 0 aliphatic carbocycles. The summed E-state index contributed by atoms with van der Waals surface area (Å²) in [7, 11) is 1.51. The van der Waals surface area contributed by atoms with Crippen LogP contribution in [0.25, 0.3) is 0 Å². The zero-order valence-electron chi connectivity index (χ0n) is 13.7. The Balaban J connectivity index is 2.22. The van der Waals surface area contributed by atoms with Crippen LogP contribution in [0.1, 0.15) is 35.8 Å². The van der Waals surface area contributed by atoms with Gasteiger partial charge in [-0.05, 0) is 43.7 Å². The van der Waals surface area contributed by atoms with Gasteiger partial charge in [-0.2, -0.15) is 0 Å². The zero-order valence-corrected chi connectivity index (χ0v) is 16.1. The summed E-state index contributed by atoms with van der Waals surface area (Å²) in [5.41, 5.74) is 1.42. The van der Waals surface area contributed by atoms with Gasteiger partial charge in [0.15, 0.2) is 11.5 Å². The lowest BCUT2D eigenvalue weighted by Gasteiger charge is -2.16. The second-order valence-corrected chi connectivity index (χ2v) is 6.50. The van der Waals surface area contributed by atoms with Crippen molar-refractivity contribution >= 4 is 33.4 Å². The molecule has 0 aliphatic heterocycles. The Hall–Kier alpha value is -1.72. The number of nitrogens with one attached hydrogen (secondary N) is 1. The number of benzene rings is 2. The second kappa shape index (κ2) is 8.40. The molecule has 0 aromatic heterocycles. The smallest absolute Gasteiger partial charge is 0.251 e. The van der Waals surface area contributed by atoms with Crippen LogP contribution in [0.3, 0.4) is 0 Å². The first-order valence-electron chi connectivity index (χ1n) is 7.53. The van der Waals surface area contributed by atoms with Crippen LogP contribution in [-0.4, -0.2) is 19.6 Å². The lowest BCUT2D eigenvalue weighted by atomic mass is 10.1. The lowest BCUT2D eigenvalue weighted by Crippen LogP contribution is -2.26. The summed E-state index contributed by atoms with van der Waals surface area (Å²) in [5, 5.41) is 3.30. The average molecular weight is 413 g/mol. The van der Waals surface area contributed by atoms with Crippen LogP contribution < -0.4 is 14.8 Å². The Morgan fingerprint density at radius 3 is 2.71 bits per heavy atom. The number of methoxy groups -OCH3 is 1. The molecule has 6 heteroatoms. The summed E-state index contributed by atoms with van der Waals surface area (Å²) >= 11 is 9.65. The molecule has 2 rings (SSSR count). The highest BCUT2D eigenvalue weighted by atomic mass is 79.9. The summed E-state index contributed by atoms with van der Waals surface area (Å²) in [6.07, 6.45) is 0. The van der Waals surface area contributed by atoms with E-state index in [0.717, 1.165) is 10.0 Å². The first kappa shape index (κ1) is 18.6. The maximum Gasteiger partial charge on any atom is 0.251 e. The van der Waals surface area contributed by atoms with Gasteiger partial charge >= 0.3 is 0 Å². The van der Waals surface area contributed by atoms with E-state index >= 15 is 0 Å². The molecule has 128 valence electrons. The lowest BCUT2D eigenvalue weighted by molar-refractivity contribution is 0.0939. The third-order valence-electron chi connectivity index (χ3n) is 3.48. The van der Waals surface area contributed by atoms with Crippen molar-refractivity contribution in [1.29, 1.82) is 0 Å². The molecule has 1 atom stereocenters. The van der Waals surface area contributed by atoms with Gasteiger partial charge in [0.05, 0.1) is 24.8 Å². The van der Waals surface area contributed by atoms with Crippen LogP contribution in [0.5, 0.6) is 11.5 Å². The molecule has 24 heavy (non-hydrogen) atoms. The van der Waals surface area contributed by atoms with E-state index in [-0.39, 0.29) is 11.9 Å². The number of halogens is 2. The van der Waals surface area contributed by atoms with Crippen molar-refractivity contribution in [2.45, 2.75) is 19.9 Å². The van der Waals surface area contributed by atoms with Crippen LogP contribution >= 0.6 is 27.5 Å². The van der Waals surface area contributed by atoms with Gasteiger partial charge in [0.25, 0.3) is 5.91 Å². The molecule has 0 spiro atoms. The fourth-order valence-electron chi connectivity index (χ4n) is 2.27. The normalized spacial score (nSPS) is 11.7. The Labute approximate surface area is 155 Å². The summed E-state index contributed by atoms with van der Waals surface area (Å²) < 4.78 is 11.7. The number of rotatable bonds is 6. The van der Waals surface area contributed by atoms with E-state index in [1.807, 2.05) is 38.1 Å². The van der Waals surface area contributed by atoms with E-state index in [4.69, 9.17) is 21.1 Å². The van der Waals surface area contributed by atoms with E-state index in [1.54, 1.807) is 12.1 Å². The fraction of sp³-hybridized carbons (Fsp3) is 0.278. The summed E-state index contributed by atoms with van der Waals surface area (Å²) in [6, 6.07) is 10.9. The third-order valence-corrected chi connectivity index (χ3v) is 4.25. The molecule has 0 saturated heterocycles. The minimum atomic E-state index is -0.231. The number of carbonyl (C=O) groups is 1. The predicted molar refractivity (Wildman–Crippen MR) is 99.2 cm³/mol. The topological polar surface area (TPSA) is 47.6 Å². The highest BCUT2D eigenvalue weighted by Crippen LogP contribution is 2.36. The van der Waals surface area contributed by atoms with Crippen molar-refractivity contribution in [3.63, 3.8) is 0 Å². The Morgan fingerprint density at radius 2 is 2.08 bits per heavy atom. The van der Waals surface area contributed by atoms with Crippen molar-refractivity contribution in [3.05, 3.63) is 57.0 Å². The molecular formula is C18H19BrClNO3. The van der Waals surface area contributed by atoms with Gasteiger partial charge in [-0.15, -0.1) is 0 Å². The highest BCUT2D eigenvalue weighted by Gasteiger charge is 2.17. The summed E-state index contributed by atoms with van der Waals surface area (Å²) in [4.78, 5) is 12.5. The Morgan fingerprint density at radius 1 is 1.33 bits per heavy atom. The molecule has 4 nitrogen and oxygen atoms in total. The average Bonchev–Trinajstić information content (AvgIpc) is 2.56. The van der Waals surface area contributed by atoms with Crippen LogP contribution in [0, 0.1) is 0 Å². The summed E-state index contributed by atoms with van der Waals surface area (Å²) in [5.74, 6) is 0.647. The van der Waals surface area contributed by atoms with E-state index < -0.39 is 0 Å². The molecule has 1 unspecified atom stereocenters. The molecular weight excluding hydrogens is 394 g/mol. The van der Waals surface area contributed by atoms with Crippen molar-refractivity contribution in [3.8, 4) is 11.5 Å². The maximum atomic E-state index is 12.5. The largest absolute Gasteiger partial charge is 0.493 e. The number of hydrogen-bond donors (Lipinski definition) is 1. The minimum Gasteiger partial charge on any atom is -0.493 e. The quantitative estimate of drug-likeness (QED) is 0.726. The van der Waals surface area contributed by atoms with E-state index in [1.165, 1.54) is 7.11 Å². The Kier molecular flexibility index (Phi) is 6.52. The minimum absolute atomic E-state index is 0.147. The summed E-state index contributed by atoms with van der Waals surface area (Å²) in [6.45, 7) is 4.24. The Bertz CT molecular complexity index is 736. The first-order valence-corrected chi connectivity index (χ1v) is 8.70. The molecule has 2 aromatic rings. The van der Waals surface area contributed by atoms with Gasteiger partial charge in [-0.3, -0.25) is 4.79 Å². The first-order chi connectivity index (χ1) is 11.5. The van der Waals surface area contributed by atoms with Gasteiger partial charge < -0.3 is 14.8 Å². The van der Waals surface area contributed by atoms with Crippen LogP contribution in [0.2, 0.25) is 5.02 Å². The number of amides is 1. The van der Waals surface area contributed by atoms with E-state index in [2.05, 4.69) is 21.2 Å². The molecule has 1 amide bonds. The van der Waals surface area contributed by atoms with Crippen molar-refractivity contribution < 1.29 is 14.3 Å².